The van der Waals surface area contributed by atoms with E-state index in [0.717, 1.165) is 71.0 Å². The van der Waals surface area contributed by atoms with Gasteiger partial charge in [-0.2, -0.15) is 0 Å². The minimum absolute atomic E-state index is 0.0229. The van der Waals surface area contributed by atoms with Crippen LogP contribution in [0.15, 0.2) is 79.4 Å². The number of H-pyrrole nitrogens is 2. The van der Waals surface area contributed by atoms with E-state index in [1.807, 2.05) is 24.9 Å². The van der Waals surface area contributed by atoms with Gasteiger partial charge in [0.05, 0.1) is 43.0 Å². The molecule has 0 bridgehead atoms. The van der Waals surface area contributed by atoms with Gasteiger partial charge in [0.25, 0.3) is 0 Å². The van der Waals surface area contributed by atoms with Crippen LogP contribution in [0.4, 0.5) is 10.7 Å². The molecule has 0 radical (unpaired) electrons. The van der Waals surface area contributed by atoms with Crippen molar-refractivity contribution < 1.29 is 19.1 Å². The molecular formula is C40H46N10O4. The van der Waals surface area contributed by atoms with Crippen LogP contribution in [0.1, 0.15) is 70.2 Å². The van der Waals surface area contributed by atoms with E-state index in [1.54, 1.807) is 36.5 Å². The van der Waals surface area contributed by atoms with E-state index in [4.69, 9.17) is 4.98 Å². The van der Waals surface area contributed by atoms with Crippen molar-refractivity contribution in [3.8, 4) is 33.6 Å². The van der Waals surface area contributed by atoms with Crippen molar-refractivity contribution in [2.75, 3.05) is 25.5 Å². The van der Waals surface area contributed by atoms with Gasteiger partial charge in [-0.25, -0.2) is 24.7 Å². The number of benzene rings is 2. The maximum absolute atomic E-state index is 13.8. The third-order valence-electron chi connectivity index (χ3n) is 10.3. The van der Waals surface area contributed by atoms with Crippen LogP contribution in [-0.2, 0) is 14.3 Å². The maximum Gasteiger partial charge on any atom is 0.407 e. The van der Waals surface area contributed by atoms with Gasteiger partial charge >= 0.3 is 6.09 Å². The molecule has 4 N–H and O–H groups in total. The first-order valence-corrected chi connectivity index (χ1v) is 18.5. The smallest absolute Gasteiger partial charge is 0.407 e. The van der Waals surface area contributed by atoms with Crippen LogP contribution >= 0.6 is 0 Å². The molecule has 2 aliphatic rings. The predicted octanol–water partition coefficient (Wildman–Crippen LogP) is 6.13. The summed E-state index contributed by atoms with van der Waals surface area (Å²) in [5, 5.41) is 5.80. The molecule has 0 spiro atoms. The molecule has 7 rings (SSSR count). The minimum Gasteiger partial charge on any atom is -0.453 e. The highest BCUT2D eigenvalue weighted by Crippen LogP contribution is 2.35. The molecule has 14 heteroatoms. The molecule has 2 aliphatic heterocycles. The first-order chi connectivity index (χ1) is 26.2. The molecule has 2 fully saturated rings. The molecule has 14 nitrogen and oxygen atoms in total. The summed E-state index contributed by atoms with van der Waals surface area (Å²) < 4.78 is 4.65. The average molecular weight is 731 g/mol. The lowest BCUT2D eigenvalue weighted by atomic mass is 10.0. The number of hydrogen-bond donors (Lipinski definition) is 4. The summed E-state index contributed by atoms with van der Waals surface area (Å²) in [6, 6.07) is 16.9. The van der Waals surface area contributed by atoms with Gasteiger partial charge in [-0.3, -0.25) is 9.59 Å². The minimum atomic E-state index is -0.700. The van der Waals surface area contributed by atoms with E-state index in [9.17, 15) is 14.4 Å². The van der Waals surface area contributed by atoms with Crippen molar-refractivity contribution in [3.05, 3.63) is 91.0 Å². The second-order valence-corrected chi connectivity index (χ2v) is 14.2. The number of anilines is 1. The summed E-state index contributed by atoms with van der Waals surface area (Å²) in [4.78, 5) is 67.1. The van der Waals surface area contributed by atoms with Gasteiger partial charge in [0.1, 0.15) is 23.7 Å². The molecule has 0 unspecified atom stereocenters. The van der Waals surface area contributed by atoms with Crippen molar-refractivity contribution in [2.24, 2.45) is 5.92 Å². The number of ether oxygens (including phenoxy) is 1. The number of carbonyl (C=O) groups excluding carboxylic acids is 3. The van der Waals surface area contributed by atoms with Crippen LogP contribution in [0.5, 0.6) is 0 Å². The molecule has 2 aromatic carbocycles. The largest absolute Gasteiger partial charge is 0.453 e. The Bertz CT molecular complexity index is 2060. The predicted molar refractivity (Wildman–Crippen MR) is 204 cm³/mol. The number of nitrogens with zero attached hydrogens (tertiary/aromatic N) is 6. The maximum atomic E-state index is 13.8. The first kappa shape index (κ1) is 36.3. The highest BCUT2D eigenvalue weighted by molar-refractivity contribution is 5.86. The lowest BCUT2D eigenvalue weighted by Crippen LogP contribution is -2.46. The second kappa shape index (κ2) is 15.9. The normalized spacial score (nSPS) is 18.1. The van der Waals surface area contributed by atoms with Crippen LogP contribution in [0.2, 0.25) is 0 Å². The summed E-state index contributed by atoms with van der Waals surface area (Å²) in [6.45, 7) is 6.98. The number of amides is 3. The molecule has 4 atom stereocenters. The number of likely N-dealkylation sites (tertiary alicyclic amines) is 2. The number of methoxy groups -OCH3 is 1. The van der Waals surface area contributed by atoms with E-state index in [1.165, 1.54) is 7.11 Å². The Morgan fingerprint density at radius 3 is 1.69 bits per heavy atom. The molecule has 3 amide bonds. The van der Waals surface area contributed by atoms with Crippen LogP contribution in [0.25, 0.3) is 33.6 Å². The molecule has 280 valence electrons. The van der Waals surface area contributed by atoms with Crippen LogP contribution in [-0.4, -0.2) is 89.9 Å². The number of carbonyl (C=O) groups is 3. The fraction of sp³-hybridized carbons (Fsp3) is 0.375. The number of aromatic amines is 2. The Kier molecular flexibility index (Phi) is 10.7. The zero-order valence-electron chi connectivity index (χ0n) is 31.0. The van der Waals surface area contributed by atoms with Crippen LogP contribution < -0.4 is 10.6 Å². The molecule has 0 saturated carbocycles. The number of imidazole rings is 2. The van der Waals surface area contributed by atoms with Gasteiger partial charge in [-0.1, -0.05) is 62.4 Å². The van der Waals surface area contributed by atoms with Gasteiger partial charge < -0.3 is 35.1 Å². The Hall–Kier alpha value is -6.05. The Labute approximate surface area is 314 Å². The van der Waals surface area contributed by atoms with Gasteiger partial charge in [-0.15, -0.1) is 0 Å². The van der Waals surface area contributed by atoms with E-state index < -0.39 is 18.2 Å². The van der Waals surface area contributed by atoms with Crippen molar-refractivity contribution in [2.45, 2.75) is 70.6 Å². The summed E-state index contributed by atoms with van der Waals surface area (Å²) in [5.41, 5.74) is 5.91. The lowest BCUT2D eigenvalue weighted by molar-refractivity contribution is -0.134. The van der Waals surface area contributed by atoms with E-state index in [2.05, 4.69) is 88.8 Å². The van der Waals surface area contributed by atoms with E-state index >= 15 is 0 Å². The number of alkyl carbamates (subject to hydrolysis) is 1. The van der Waals surface area contributed by atoms with E-state index in [-0.39, 0.29) is 29.8 Å². The molecule has 5 aromatic rings. The number of nitrogens with one attached hydrogen (secondary N) is 4. The first-order valence-electron chi connectivity index (χ1n) is 18.5. The molecule has 0 aliphatic carbocycles. The zero-order valence-corrected chi connectivity index (χ0v) is 31.0. The van der Waals surface area contributed by atoms with Gasteiger partial charge in [0.15, 0.2) is 0 Å². The summed E-state index contributed by atoms with van der Waals surface area (Å²) in [5.74, 6) is 1.86. The summed E-state index contributed by atoms with van der Waals surface area (Å²) >= 11 is 0. The highest BCUT2D eigenvalue weighted by atomic mass is 16.5. The third-order valence-corrected chi connectivity index (χ3v) is 10.3. The zero-order chi connectivity index (χ0) is 37.8. The molecule has 5 heterocycles. The molecule has 54 heavy (non-hydrogen) atoms. The summed E-state index contributed by atoms with van der Waals surface area (Å²) in [6.07, 6.45) is 9.73. The Morgan fingerprint density at radius 2 is 1.20 bits per heavy atom. The lowest BCUT2D eigenvalue weighted by Gasteiger charge is -2.30. The Balaban J connectivity index is 0.993. The van der Waals surface area contributed by atoms with Crippen molar-refractivity contribution in [3.63, 3.8) is 0 Å². The van der Waals surface area contributed by atoms with Crippen molar-refractivity contribution in [1.82, 2.24) is 45.0 Å². The second-order valence-electron chi connectivity index (χ2n) is 14.2. The number of hydrogen-bond acceptors (Lipinski definition) is 9. The average Bonchev–Trinajstić information content (AvgIpc) is 4.03. The quantitative estimate of drug-likeness (QED) is 0.125. The summed E-state index contributed by atoms with van der Waals surface area (Å²) in [7, 11) is 1.28. The van der Waals surface area contributed by atoms with Gasteiger partial charge in [0.2, 0.25) is 17.8 Å². The topological polar surface area (TPSA) is 174 Å². The number of aromatic nitrogens is 6. The van der Waals surface area contributed by atoms with Crippen molar-refractivity contribution >= 4 is 23.9 Å². The molecule has 2 saturated heterocycles. The Morgan fingerprint density at radius 1 is 0.722 bits per heavy atom. The van der Waals surface area contributed by atoms with Crippen LogP contribution in [0.3, 0.4) is 0 Å². The van der Waals surface area contributed by atoms with Crippen LogP contribution in [0, 0.1) is 5.92 Å². The standard InChI is InChI=1S/C40H46N10O4/c1-24(2)34(48-39-41-18-7-19-42-39)38(52)50-21-6-9-33(50)36-44-23-31(47-36)29-16-12-27(13-17-29)26-10-14-28(15-11-26)30-22-43-35(46-30)32-8-5-20-49(32)37(51)25(3)45-40(53)54-4/h7,10-19,22-25,32-34H,5-6,8-9,20-21H2,1-4H3,(H,43,46)(H,44,47)(H,45,53)(H,41,42,48)/t25-,32-,33-,34+/m0/s1. The van der Waals surface area contributed by atoms with Gasteiger partial charge in [-0.05, 0) is 66.8 Å². The van der Waals surface area contributed by atoms with E-state index in [0.29, 0.717) is 19.0 Å². The fourth-order valence-electron chi connectivity index (χ4n) is 7.37. The number of rotatable bonds is 11. The SMILES string of the molecule is COC(=O)N[C@@H](C)C(=O)N1CCC[C@H]1c1ncc(-c2ccc(-c3ccc(-c4cnc([C@@H]5CCCN5C(=O)[C@H](Nc5ncccn5)C(C)C)[nH]4)cc3)cc2)[nH]1. The van der Waals surface area contributed by atoms with Gasteiger partial charge in [0, 0.05) is 25.5 Å². The van der Waals surface area contributed by atoms with Crippen molar-refractivity contribution in [1.29, 1.82) is 0 Å². The monoisotopic (exact) mass is 730 g/mol. The fourth-order valence-corrected chi connectivity index (χ4v) is 7.37. The molecular weight excluding hydrogens is 685 g/mol. The molecule has 3 aromatic heterocycles. The highest BCUT2D eigenvalue weighted by Gasteiger charge is 2.37. The third kappa shape index (κ3) is 7.68.